The molecule has 1 atom stereocenters. The van der Waals surface area contributed by atoms with Crippen LogP contribution in [0.25, 0.3) is 0 Å². The molecule has 2 aromatic carbocycles. The Morgan fingerprint density at radius 1 is 0.875 bits per heavy atom. The fourth-order valence-electron chi connectivity index (χ4n) is 1.72. The molecule has 0 aliphatic carbocycles. The molecule has 0 nitrogen and oxygen atoms in total. The lowest BCUT2D eigenvalue weighted by atomic mass is 10.1. The van der Waals surface area contributed by atoms with Gasteiger partial charge in [-0.2, -0.15) is 0 Å². The molecule has 0 saturated carbocycles. The highest BCUT2D eigenvalue weighted by molar-refractivity contribution is 7.99. The molecular weight excluding hydrogens is 212 g/mol. The van der Waals surface area contributed by atoms with E-state index in [-0.39, 0.29) is 0 Å². The molecule has 82 valence electrons. The van der Waals surface area contributed by atoms with Gasteiger partial charge in [0.15, 0.2) is 0 Å². The first-order valence-corrected chi connectivity index (χ1v) is 6.54. The Bertz CT molecular complexity index is 408. The van der Waals surface area contributed by atoms with E-state index in [2.05, 4.69) is 67.6 Å². The fourth-order valence-corrected chi connectivity index (χ4v) is 2.82. The van der Waals surface area contributed by atoms with E-state index in [1.165, 1.54) is 10.5 Å². The molecule has 0 amide bonds. The molecule has 2 rings (SSSR count). The molecule has 16 heavy (non-hydrogen) atoms. The summed E-state index contributed by atoms with van der Waals surface area (Å²) < 4.78 is 0. The van der Waals surface area contributed by atoms with Gasteiger partial charge in [-0.25, -0.2) is 0 Å². The average molecular weight is 228 g/mol. The van der Waals surface area contributed by atoms with E-state index in [0.29, 0.717) is 5.25 Å². The fraction of sp³-hybridized carbons (Fsp3) is 0.200. The second kappa shape index (κ2) is 5.76. The zero-order valence-corrected chi connectivity index (χ0v) is 10.3. The van der Waals surface area contributed by atoms with Crippen LogP contribution in [0.5, 0.6) is 0 Å². The third kappa shape index (κ3) is 2.89. The highest BCUT2D eigenvalue weighted by Gasteiger charge is 2.09. The zero-order chi connectivity index (χ0) is 11.2. The van der Waals surface area contributed by atoms with Crippen molar-refractivity contribution in [3.63, 3.8) is 0 Å². The largest absolute Gasteiger partial charge is 0.118 e. The lowest BCUT2D eigenvalue weighted by Crippen LogP contribution is -1.91. The van der Waals surface area contributed by atoms with E-state index in [1.54, 1.807) is 0 Å². The summed E-state index contributed by atoms with van der Waals surface area (Å²) in [7, 11) is 0. The molecule has 1 heteroatoms. The highest BCUT2D eigenvalue weighted by atomic mass is 32.2. The highest BCUT2D eigenvalue weighted by Crippen LogP contribution is 2.37. The van der Waals surface area contributed by atoms with Crippen molar-refractivity contribution in [1.82, 2.24) is 0 Å². The van der Waals surface area contributed by atoms with Crippen molar-refractivity contribution in [1.29, 1.82) is 0 Å². The number of rotatable bonds is 4. The van der Waals surface area contributed by atoms with Crippen LogP contribution >= 0.6 is 11.8 Å². The van der Waals surface area contributed by atoms with Gasteiger partial charge in [0.1, 0.15) is 0 Å². The first kappa shape index (κ1) is 11.3. The van der Waals surface area contributed by atoms with E-state index in [4.69, 9.17) is 0 Å². The molecule has 0 bridgehead atoms. The summed E-state index contributed by atoms with van der Waals surface area (Å²) in [6.45, 7) is 2.24. The van der Waals surface area contributed by atoms with E-state index in [9.17, 15) is 0 Å². The Kier molecular flexibility index (Phi) is 4.06. The topological polar surface area (TPSA) is 0 Å². The van der Waals surface area contributed by atoms with E-state index in [1.807, 2.05) is 11.8 Å². The van der Waals surface area contributed by atoms with Crippen LogP contribution in [0.15, 0.2) is 65.6 Å². The summed E-state index contributed by atoms with van der Waals surface area (Å²) >= 11 is 1.94. The Morgan fingerprint density at radius 3 is 2.00 bits per heavy atom. The zero-order valence-electron chi connectivity index (χ0n) is 9.47. The van der Waals surface area contributed by atoms with Crippen molar-refractivity contribution in [2.75, 3.05) is 0 Å². The maximum atomic E-state index is 2.24. The monoisotopic (exact) mass is 228 g/mol. The minimum absolute atomic E-state index is 0.559. The van der Waals surface area contributed by atoms with Crippen molar-refractivity contribution < 1.29 is 0 Å². The van der Waals surface area contributed by atoms with Gasteiger partial charge in [0.2, 0.25) is 0 Å². The molecule has 0 heterocycles. The first-order chi connectivity index (χ1) is 7.90. The third-order valence-electron chi connectivity index (χ3n) is 2.56. The summed E-state index contributed by atoms with van der Waals surface area (Å²) in [6.07, 6.45) is 1.16. The van der Waals surface area contributed by atoms with Gasteiger partial charge in [-0.1, -0.05) is 55.5 Å². The number of hydrogen-bond donors (Lipinski definition) is 0. The molecule has 1 unspecified atom stereocenters. The minimum atomic E-state index is 0.559. The van der Waals surface area contributed by atoms with Crippen LogP contribution in [0.3, 0.4) is 0 Å². The quantitative estimate of drug-likeness (QED) is 0.669. The maximum absolute atomic E-state index is 2.24. The molecule has 0 fully saturated rings. The van der Waals surface area contributed by atoms with Gasteiger partial charge in [-0.05, 0) is 24.1 Å². The molecule has 0 aromatic heterocycles. The predicted molar refractivity (Wildman–Crippen MR) is 71.8 cm³/mol. The molecule has 0 aliphatic rings. The van der Waals surface area contributed by atoms with Gasteiger partial charge < -0.3 is 0 Å². The smallest absolute Gasteiger partial charge is 0.0341 e. The summed E-state index contributed by atoms with van der Waals surface area (Å²) in [5.74, 6) is 0. The summed E-state index contributed by atoms with van der Waals surface area (Å²) in [4.78, 5) is 1.35. The van der Waals surface area contributed by atoms with Crippen LogP contribution < -0.4 is 0 Å². The molecule has 0 spiro atoms. The second-order valence-corrected chi connectivity index (χ2v) is 5.01. The molecule has 2 aromatic rings. The van der Waals surface area contributed by atoms with Crippen LogP contribution in [0.4, 0.5) is 0 Å². The van der Waals surface area contributed by atoms with E-state index in [0.717, 1.165) is 6.42 Å². The second-order valence-electron chi connectivity index (χ2n) is 3.74. The van der Waals surface area contributed by atoms with E-state index < -0.39 is 0 Å². The normalized spacial score (nSPS) is 12.3. The molecule has 0 saturated heterocycles. The average Bonchev–Trinajstić information content (AvgIpc) is 2.38. The standard InChI is InChI=1S/C15H16S/c1-2-15(13-9-5-3-6-10-13)16-14-11-7-4-8-12-14/h3-12,15H,2H2,1H3. The van der Waals surface area contributed by atoms with Gasteiger partial charge in [0.25, 0.3) is 0 Å². The molecule has 0 N–H and O–H groups in total. The Hall–Kier alpha value is -1.21. The number of thioether (sulfide) groups is 1. The summed E-state index contributed by atoms with van der Waals surface area (Å²) in [6, 6.07) is 21.3. The van der Waals surface area contributed by atoms with Crippen molar-refractivity contribution in [3.8, 4) is 0 Å². The van der Waals surface area contributed by atoms with Crippen molar-refractivity contribution >= 4 is 11.8 Å². The van der Waals surface area contributed by atoms with Crippen LogP contribution in [-0.4, -0.2) is 0 Å². The lowest BCUT2D eigenvalue weighted by Gasteiger charge is -2.14. The van der Waals surface area contributed by atoms with Crippen molar-refractivity contribution in [3.05, 3.63) is 66.2 Å². The van der Waals surface area contributed by atoms with Crippen molar-refractivity contribution in [2.45, 2.75) is 23.5 Å². The van der Waals surface area contributed by atoms with E-state index >= 15 is 0 Å². The molecule has 0 aliphatic heterocycles. The maximum Gasteiger partial charge on any atom is 0.0341 e. The van der Waals surface area contributed by atoms with Gasteiger partial charge >= 0.3 is 0 Å². The Balaban J connectivity index is 2.13. The molecule has 0 radical (unpaired) electrons. The van der Waals surface area contributed by atoms with Gasteiger partial charge in [-0.3, -0.25) is 0 Å². The molecular formula is C15H16S. The van der Waals surface area contributed by atoms with Crippen LogP contribution in [0.2, 0.25) is 0 Å². The summed E-state index contributed by atoms with van der Waals surface area (Å²) in [5, 5.41) is 0.559. The first-order valence-electron chi connectivity index (χ1n) is 5.67. The van der Waals surface area contributed by atoms with Crippen LogP contribution in [0, 0.1) is 0 Å². The predicted octanol–water partition coefficient (Wildman–Crippen LogP) is 4.93. The van der Waals surface area contributed by atoms with Crippen LogP contribution in [-0.2, 0) is 0 Å². The van der Waals surface area contributed by atoms with Gasteiger partial charge in [0, 0.05) is 10.1 Å². The lowest BCUT2D eigenvalue weighted by molar-refractivity contribution is 0.895. The minimum Gasteiger partial charge on any atom is -0.118 e. The Morgan fingerprint density at radius 2 is 1.44 bits per heavy atom. The van der Waals surface area contributed by atoms with Gasteiger partial charge in [-0.15, -0.1) is 11.8 Å². The number of hydrogen-bond acceptors (Lipinski definition) is 1. The van der Waals surface area contributed by atoms with Crippen LogP contribution in [0.1, 0.15) is 24.2 Å². The Labute approximate surface area is 102 Å². The van der Waals surface area contributed by atoms with Gasteiger partial charge in [0.05, 0.1) is 0 Å². The number of benzene rings is 2. The SMILES string of the molecule is CCC(Sc1ccccc1)c1ccccc1. The van der Waals surface area contributed by atoms with Crippen molar-refractivity contribution in [2.24, 2.45) is 0 Å². The third-order valence-corrected chi connectivity index (χ3v) is 4.00. The summed E-state index contributed by atoms with van der Waals surface area (Å²) in [5.41, 5.74) is 1.42.